The van der Waals surface area contributed by atoms with Crippen LogP contribution in [-0.2, 0) is 0 Å². The van der Waals surface area contributed by atoms with Gasteiger partial charge in [0.25, 0.3) is 0 Å². The van der Waals surface area contributed by atoms with Gasteiger partial charge in [0, 0.05) is 34.1 Å². The molecule has 0 spiro atoms. The number of hydrogen-bond acceptors (Lipinski definition) is 2. The van der Waals surface area contributed by atoms with Crippen LogP contribution in [0.5, 0.6) is 0 Å². The first-order chi connectivity index (χ1) is 23.6. The highest BCUT2D eigenvalue weighted by molar-refractivity contribution is 5.80. The maximum atomic E-state index is 2.30. The molecule has 232 valence electrons. The molecule has 0 aliphatic heterocycles. The summed E-state index contributed by atoms with van der Waals surface area (Å²) in [5.41, 5.74) is 14.0. The highest BCUT2D eigenvalue weighted by Gasteiger charge is 2.13. The summed E-state index contributed by atoms with van der Waals surface area (Å²) >= 11 is 0. The molecule has 0 fully saturated rings. The van der Waals surface area contributed by atoms with Crippen molar-refractivity contribution in [1.29, 1.82) is 0 Å². The van der Waals surface area contributed by atoms with E-state index in [4.69, 9.17) is 0 Å². The van der Waals surface area contributed by atoms with Crippen molar-refractivity contribution in [2.45, 2.75) is 13.8 Å². The van der Waals surface area contributed by atoms with E-state index in [0.717, 1.165) is 39.7 Å². The Morgan fingerprint density at radius 2 is 0.562 bits per heavy atom. The standard InChI is InChI=1S/C46H38N2/c1-35-13-27-43(28-14-35)48(44-29-15-36(2)16-30-44)45-31-21-38(22-32-45)18-17-37-19-23-39(24-20-37)40-25-33-46(34-26-40)47(41-9-5-3-6-10-41)42-11-7-4-8-12-42/h3-34H,1-2H3. The van der Waals surface area contributed by atoms with Crippen LogP contribution in [0.15, 0.2) is 182 Å². The van der Waals surface area contributed by atoms with Gasteiger partial charge >= 0.3 is 0 Å². The number of nitrogens with zero attached hydrogens (tertiary/aromatic N) is 2. The third-order valence-electron chi connectivity index (χ3n) is 8.60. The molecule has 0 aromatic heterocycles. The van der Waals surface area contributed by atoms with Crippen LogP contribution in [0.25, 0.3) is 23.3 Å². The van der Waals surface area contributed by atoms with Gasteiger partial charge in [0.2, 0.25) is 0 Å². The smallest absolute Gasteiger partial charge is 0.0462 e. The van der Waals surface area contributed by atoms with Crippen LogP contribution in [-0.4, -0.2) is 0 Å². The summed E-state index contributed by atoms with van der Waals surface area (Å²) in [6.07, 6.45) is 4.36. The number of benzene rings is 7. The second-order valence-corrected chi connectivity index (χ2v) is 12.1. The lowest BCUT2D eigenvalue weighted by molar-refractivity contribution is 1.27. The molecule has 0 unspecified atom stereocenters. The van der Waals surface area contributed by atoms with Crippen molar-refractivity contribution in [3.63, 3.8) is 0 Å². The summed E-state index contributed by atoms with van der Waals surface area (Å²) in [7, 11) is 0. The van der Waals surface area contributed by atoms with E-state index >= 15 is 0 Å². The van der Waals surface area contributed by atoms with Gasteiger partial charge < -0.3 is 9.80 Å². The second kappa shape index (κ2) is 14.1. The molecule has 0 aliphatic rings. The van der Waals surface area contributed by atoms with Crippen molar-refractivity contribution in [1.82, 2.24) is 0 Å². The lowest BCUT2D eigenvalue weighted by atomic mass is 10.0. The van der Waals surface area contributed by atoms with Crippen LogP contribution in [0.3, 0.4) is 0 Å². The van der Waals surface area contributed by atoms with E-state index in [1.165, 1.54) is 27.8 Å². The van der Waals surface area contributed by atoms with Crippen molar-refractivity contribution < 1.29 is 0 Å². The Labute approximate surface area is 284 Å². The first kappa shape index (κ1) is 30.5. The van der Waals surface area contributed by atoms with Gasteiger partial charge in [0.1, 0.15) is 0 Å². The van der Waals surface area contributed by atoms with Crippen LogP contribution >= 0.6 is 0 Å². The van der Waals surface area contributed by atoms with Gasteiger partial charge in [0.05, 0.1) is 0 Å². The number of anilines is 6. The molecule has 0 radical (unpaired) electrons. The highest BCUT2D eigenvalue weighted by Crippen LogP contribution is 2.36. The Morgan fingerprint density at radius 1 is 0.292 bits per heavy atom. The molecular formula is C46H38N2. The fraction of sp³-hybridized carbons (Fsp3) is 0.0435. The van der Waals surface area contributed by atoms with Crippen molar-refractivity contribution in [2.24, 2.45) is 0 Å². The zero-order chi connectivity index (χ0) is 32.7. The Balaban J connectivity index is 1.07. The predicted molar refractivity (Wildman–Crippen MR) is 206 cm³/mol. The first-order valence-corrected chi connectivity index (χ1v) is 16.4. The number of rotatable bonds is 9. The molecule has 0 N–H and O–H groups in total. The monoisotopic (exact) mass is 618 g/mol. The summed E-state index contributed by atoms with van der Waals surface area (Å²) in [5.74, 6) is 0. The van der Waals surface area contributed by atoms with Crippen LogP contribution in [0.1, 0.15) is 22.3 Å². The van der Waals surface area contributed by atoms with Gasteiger partial charge in [-0.1, -0.05) is 132 Å². The fourth-order valence-electron chi connectivity index (χ4n) is 5.95. The van der Waals surface area contributed by atoms with Gasteiger partial charge in [0.15, 0.2) is 0 Å². The second-order valence-electron chi connectivity index (χ2n) is 12.1. The predicted octanol–water partition coefficient (Wildman–Crippen LogP) is 13.1. The van der Waals surface area contributed by atoms with Crippen LogP contribution in [0.2, 0.25) is 0 Å². The van der Waals surface area contributed by atoms with E-state index in [1.807, 2.05) is 0 Å². The molecule has 0 bridgehead atoms. The molecule has 0 saturated carbocycles. The van der Waals surface area contributed by atoms with E-state index in [1.54, 1.807) is 0 Å². The van der Waals surface area contributed by atoms with Gasteiger partial charge in [-0.25, -0.2) is 0 Å². The van der Waals surface area contributed by atoms with Crippen molar-refractivity contribution >= 4 is 46.3 Å². The van der Waals surface area contributed by atoms with Gasteiger partial charge in [-0.3, -0.25) is 0 Å². The molecule has 7 rings (SSSR count). The molecule has 48 heavy (non-hydrogen) atoms. The summed E-state index contributed by atoms with van der Waals surface area (Å²) in [4.78, 5) is 4.59. The summed E-state index contributed by atoms with van der Waals surface area (Å²) in [6, 6.07) is 64.8. The molecule has 0 atom stereocenters. The SMILES string of the molecule is Cc1ccc(N(c2ccc(C)cc2)c2ccc(C=Cc3ccc(-c4ccc(N(c5ccccc5)c5ccccc5)cc4)cc3)cc2)cc1. The molecule has 0 saturated heterocycles. The van der Waals surface area contributed by atoms with Gasteiger partial charge in [-0.05, 0) is 109 Å². The minimum Gasteiger partial charge on any atom is -0.311 e. The van der Waals surface area contributed by atoms with Gasteiger partial charge in [-0.15, -0.1) is 0 Å². The zero-order valence-corrected chi connectivity index (χ0v) is 27.4. The quantitative estimate of drug-likeness (QED) is 0.149. The van der Waals surface area contributed by atoms with E-state index in [9.17, 15) is 0 Å². The Hall–Kier alpha value is -6.12. The maximum Gasteiger partial charge on any atom is 0.0462 e. The average molecular weight is 619 g/mol. The number of para-hydroxylation sites is 2. The summed E-state index contributed by atoms with van der Waals surface area (Å²) in [5, 5.41) is 0. The normalized spacial score (nSPS) is 11.0. The molecule has 2 nitrogen and oxygen atoms in total. The topological polar surface area (TPSA) is 6.48 Å². The van der Waals surface area contributed by atoms with E-state index < -0.39 is 0 Å². The molecule has 7 aromatic rings. The minimum atomic E-state index is 1.13. The summed E-state index contributed by atoms with van der Waals surface area (Å²) in [6.45, 7) is 4.25. The van der Waals surface area contributed by atoms with Crippen LogP contribution in [0, 0.1) is 13.8 Å². The largest absolute Gasteiger partial charge is 0.311 e. The van der Waals surface area contributed by atoms with Crippen molar-refractivity contribution in [3.05, 3.63) is 204 Å². The first-order valence-electron chi connectivity index (χ1n) is 16.4. The fourth-order valence-corrected chi connectivity index (χ4v) is 5.95. The van der Waals surface area contributed by atoms with E-state index in [-0.39, 0.29) is 0 Å². The van der Waals surface area contributed by atoms with E-state index in [0.29, 0.717) is 0 Å². The average Bonchev–Trinajstić information content (AvgIpc) is 3.14. The highest BCUT2D eigenvalue weighted by atomic mass is 15.1. The third-order valence-corrected chi connectivity index (χ3v) is 8.60. The molecule has 2 heteroatoms. The molecular weight excluding hydrogens is 581 g/mol. The molecule has 0 amide bonds. The molecule has 0 heterocycles. The van der Waals surface area contributed by atoms with Crippen LogP contribution in [0.4, 0.5) is 34.1 Å². The van der Waals surface area contributed by atoms with Crippen LogP contribution < -0.4 is 9.80 Å². The zero-order valence-electron chi connectivity index (χ0n) is 27.4. The molecule has 7 aromatic carbocycles. The number of aryl methyl sites for hydroxylation is 2. The lowest BCUT2D eigenvalue weighted by Gasteiger charge is -2.25. The Bertz CT molecular complexity index is 1990. The Morgan fingerprint density at radius 3 is 0.938 bits per heavy atom. The lowest BCUT2D eigenvalue weighted by Crippen LogP contribution is -2.09. The van der Waals surface area contributed by atoms with Crippen molar-refractivity contribution in [2.75, 3.05) is 9.80 Å². The third kappa shape index (κ3) is 6.99. The molecule has 0 aliphatic carbocycles. The minimum absolute atomic E-state index is 1.13. The van der Waals surface area contributed by atoms with E-state index in [2.05, 4.69) is 218 Å². The maximum absolute atomic E-state index is 2.30. The Kier molecular flexibility index (Phi) is 8.97. The number of hydrogen-bond donors (Lipinski definition) is 0. The van der Waals surface area contributed by atoms with Gasteiger partial charge in [-0.2, -0.15) is 0 Å². The van der Waals surface area contributed by atoms with Crippen molar-refractivity contribution in [3.8, 4) is 11.1 Å². The summed E-state index contributed by atoms with van der Waals surface area (Å²) < 4.78 is 0.